The zero-order valence-electron chi connectivity index (χ0n) is 9.34. The van der Waals surface area contributed by atoms with Crippen molar-refractivity contribution in [3.05, 3.63) is 12.7 Å². The predicted octanol–water partition coefficient (Wildman–Crippen LogP) is 0.985. The molecule has 4 nitrogen and oxygen atoms in total. The van der Waals surface area contributed by atoms with E-state index in [1.807, 2.05) is 0 Å². The van der Waals surface area contributed by atoms with Crippen LogP contribution in [0.4, 0.5) is 0 Å². The lowest BCUT2D eigenvalue weighted by molar-refractivity contribution is -0.139. The average molecular weight is 212 g/mol. The van der Waals surface area contributed by atoms with Crippen LogP contribution >= 0.6 is 0 Å². The van der Waals surface area contributed by atoms with Gasteiger partial charge in [-0.05, 0) is 6.42 Å². The summed E-state index contributed by atoms with van der Waals surface area (Å²) >= 11 is 0. The van der Waals surface area contributed by atoms with E-state index in [9.17, 15) is 9.59 Å². The van der Waals surface area contributed by atoms with Crippen molar-refractivity contribution >= 4 is 11.8 Å². The molecule has 0 unspecified atom stereocenters. The van der Waals surface area contributed by atoms with Crippen molar-refractivity contribution in [1.82, 2.24) is 10.6 Å². The van der Waals surface area contributed by atoms with Crippen LogP contribution in [-0.2, 0) is 9.59 Å². The molecule has 0 aromatic carbocycles. The van der Waals surface area contributed by atoms with Gasteiger partial charge in [0.2, 0.25) is 0 Å². The topological polar surface area (TPSA) is 58.2 Å². The van der Waals surface area contributed by atoms with E-state index in [2.05, 4.69) is 24.1 Å². The smallest absolute Gasteiger partial charge is 0.309 e. The van der Waals surface area contributed by atoms with Crippen LogP contribution in [0.3, 0.4) is 0 Å². The fraction of sp³-hybridized carbons (Fsp3) is 0.636. The first kappa shape index (κ1) is 13.7. The van der Waals surface area contributed by atoms with E-state index in [-0.39, 0.29) is 0 Å². The molecule has 0 atom stereocenters. The number of nitrogens with one attached hydrogen (secondary N) is 2. The lowest BCUT2D eigenvalue weighted by Crippen LogP contribution is -2.40. The van der Waals surface area contributed by atoms with Gasteiger partial charge in [-0.1, -0.05) is 32.3 Å². The lowest BCUT2D eigenvalue weighted by Gasteiger charge is -2.04. The number of carbonyl (C=O) groups is 2. The molecule has 4 heteroatoms. The van der Waals surface area contributed by atoms with Crippen LogP contribution in [0.25, 0.3) is 0 Å². The molecule has 0 aromatic heterocycles. The monoisotopic (exact) mass is 212 g/mol. The zero-order valence-corrected chi connectivity index (χ0v) is 9.34. The summed E-state index contributed by atoms with van der Waals surface area (Å²) in [5.74, 6) is -1.15. The maximum Gasteiger partial charge on any atom is 0.309 e. The van der Waals surface area contributed by atoms with E-state index in [1.165, 1.54) is 12.5 Å². The van der Waals surface area contributed by atoms with Crippen molar-refractivity contribution in [3.63, 3.8) is 0 Å². The van der Waals surface area contributed by atoms with E-state index in [0.717, 1.165) is 19.3 Å². The van der Waals surface area contributed by atoms with Gasteiger partial charge in [0.15, 0.2) is 0 Å². The Hall–Kier alpha value is -1.32. The molecule has 0 radical (unpaired) electrons. The van der Waals surface area contributed by atoms with Crippen LogP contribution in [0.15, 0.2) is 12.7 Å². The van der Waals surface area contributed by atoms with Crippen LogP contribution in [0.5, 0.6) is 0 Å². The molecule has 0 fully saturated rings. The molecule has 0 aliphatic heterocycles. The molecule has 0 saturated carbocycles. The quantitative estimate of drug-likeness (QED) is 0.375. The maximum absolute atomic E-state index is 11.1. The van der Waals surface area contributed by atoms with Crippen molar-refractivity contribution in [2.45, 2.75) is 32.6 Å². The summed E-state index contributed by atoms with van der Waals surface area (Å²) in [6.45, 7) is 6.46. The fourth-order valence-corrected chi connectivity index (χ4v) is 1.08. The molecular weight excluding hydrogens is 192 g/mol. The van der Waals surface area contributed by atoms with Gasteiger partial charge >= 0.3 is 11.8 Å². The number of rotatable bonds is 7. The summed E-state index contributed by atoms with van der Waals surface area (Å²) in [4.78, 5) is 22.2. The molecule has 2 N–H and O–H groups in total. The number of hydrogen-bond donors (Lipinski definition) is 2. The van der Waals surface area contributed by atoms with Gasteiger partial charge in [0.05, 0.1) is 0 Å². The van der Waals surface area contributed by atoms with Gasteiger partial charge in [-0.15, -0.1) is 6.58 Å². The van der Waals surface area contributed by atoms with Gasteiger partial charge in [-0.25, -0.2) is 0 Å². The molecule has 0 aliphatic rings. The SMILES string of the molecule is C=CCNC(=O)C(=O)NCCCCCC. The van der Waals surface area contributed by atoms with Crippen LogP contribution in [-0.4, -0.2) is 24.9 Å². The molecular formula is C11H20N2O2. The second kappa shape index (κ2) is 9.24. The Bertz CT molecular complexity index is 215. The first-order chi connectivity index (χ1) is 7.22. The molecule has 86 valence electrons. The summed E-state index contributed by atoms with van der Waals surface area (Å²) in [5.41, 5.74) is 0. The van der Waals surface area contributed by atoms with Gasteiger partial charge in [0.25, 0.3) is 0 Å². The van der Waals surface area contributed by atoms with Crippen LogP contribution in [0.2, 0.25) is 0 Å². The minimum Gasteiger partial charge on any atom is -0.348 e. The Labute approximate surface area is 91.1 Å². The van der Waals surface area contributed by atoms with Crippen LogP contribution < -0.4 is 10.6 Å². The number of hydrogen-bond acceptors (Lipinski definition) is 2. The average Bonchev–Trinajstić information content (AvgIpc) is 2.25. The van der Waals surface area contributed by atoms with Crippen molar-refractivity contribution in [1.29, 1.82) is 0 Å². The molecule has 0 bridgehead atoms. The van der Waals surface area contributed by atoms with Gasteiger partial charge in [0.1, 0.15) is 0 Å². The number of unbranched alkanes of at least 4 members (excludes halogenated alkanes) is 3. The molecule has 15 heavy (non-hydrogen) atoms. The van der Waals surface area contributed by atoms with E-state index in [0.29, 0.717) is 13.1 Å². The molecule has 0 aliphatic carbocycles. The van der Waals surface area contributed by atoms with Gasteiger partial charge in [0, 0.05) is 13.1 Å². The number of carbonyl (C=O) groups excluding carboxylic acids is 2. The summed E-state index contributed by atoms with van der Waals surface area (Å²) in [7, 11) is 0. The minimum atomic E-state index is -0.592. The Morgan fingerprint density at radius 3 is 2.40 bits per heavy atom. The Kier molecular flexibility index (Phi) is 8.43. The van der Waals surface area contributed by atoms with Crippen molar-refractivity contribution in [2.24, 2.45) is 0 Å². The highest BCUT2D eigenvalue weighted by Crippen LogP contribution is 1.96. The Morgan fingerprint density at radius 2 is 1.80 bits per heavy atom. The first-order valence-corrected chi connectivity index (χ1v) is 5.39. The second-order valence-corrected chi connectivity index (χ2v) is 3.32. The molecule has 0 aromatic rings. The predicted molar refractivity (Wildman–Crippen MR) is 60.4 cm³/mol. The highest BCUT2D eigenvalue weighted by atomic mass is 16.2. The third kappa shape index (κ3) is 7.73. The molecule has 0 rings (SSSR count). The Morgan fingerprint density at radius 1 is 1.13 bits per heavy atom. The second-order valence-electron chi connectivity index (χ2n) is 3.32. The van der Waals surface area contributed by atoms with Gasteiger partial charge in [-0.3, -0.25) is 9.59 Å². The highest BCUT2D eigenvalue weighted by Gasteiger charge is 2.10. The van der Waals surface area contributed by atoms with Crippen molar-refractivity contribution < 1.29 is 9.59 Å². The Balaban J connectivity index is 3.47. The van der Waals surface area contributed by atoms with E-state index < -0.39 is 11.8 Å². The fourth-order valence-electron chi connectivity index (χ4n) is 1.08. The van der Waals surface area contributed by atoms with Gasteiger partial charge < -0.3 is 10.6 Å². The van der Waals surface area contributed by atoms with Gasteiger partial charge in [-0.2, -0.15) is 0 Å². The zero-order chi connectivity index (χ0) is 11.5. The maximum atomic E-state index is 11.1. The van der Waals surface area contributed by atoms with Crippen LogP contribution in [0.1, 0.15) is 32.6 Å². The molecule has 0 spiro atoms. The van der Waals surface area contributed by atoms with E-state index in [1.54, 1.807) is 0 Å². The van der Waals surface area contributed by atoms with E-state index in [4.69, 9.17) is 0 Å². The summed E-state index contributed by atoms with van der Waals surface area (Å²) < 4.78 is 0. The molecule has 0 heterocycles. The lowest BCUT2D eigenvalue weighted by atomic mass is 10.2. The third-order valence-electron chi connectivity index (χ3n) is 1.93. The summed E-state index contributed by atoms with van der Waals surface area (Å²) in [6, 6.07) is 0. The van der Waals surface area contributed by atoms with E-state index >= 15 is 0 Å². The number of amides is 2. The molecule has 0 saturated heterocycles. The summed E-state index contributed by atoms with van der Waals surface area (Å²) in [6.07, 6.45) is 5.87. The molecule has 2 amide bonds. The third-order valence-corrected chi connectivity index (χ3v) is 1.93. The normalized spacial score (nSPS) is 9.40. The standard InChI is InChI=1S/C11H20N2O2/c1-3-5-6-7-9-13-11(15)10(14)12-8-4-2/h4H,2-3,5-9H2,1H3,(H,12,14)(H,13,15). The highest BCUT2D eigenvalue weighted by molar-refractivity contribution is 6.35. The van der Waals surface area contributed by atoms with Crippen molar-refractivity contribution in [2.75, 3.05) is 13.1 Å². The largest absolute Gasteiger partial charge is 0.348 e. The first-order valence-electron chi connectivity index (χ1n) is 5.39. The van der Waals surface area contributed by atoms with Crippen molar-refractivity contribution in [3.8, 4) is 0 Å². The van der Waals surface area contributed by atoms with Crippen LogP contribution in [0, 0.1) is 0 Å². The summed E-state index contributed by atoms with van der Waals surface area (Å²) in [5, 5.41) is 4.98. The minimum absolute atomic E-state index is 0.322.